The number of carbonyl (C=O) groups is 3. The van der Waals surface area contributed by atoms with Crippen molar-refractivity contribution < 1.29 is 33.3 Å². The quantitative estimate of drug-likeness (QED) is 0.505. The van der Waals surface area contributed by atoms with E-state index in [0.717, 1.165) is 16.7 Å². The molecule has 2 heterocycles. The lowest BCUT2D eigenvalue weighted by atomic mass is 10.1. The number of thioether (sulfide) groups is 1. The van der Waals surface area contributed by atoms with E-state index in [1.54, 1.807) is 37.3 Å². The van der Waals surface area contributed by atoms with E-state index in [9.17, 15) is 14.4 Å². The third-order valence-corrected chi connectivity index (χ3v) is 5.68. The average Bonchev–Trinajstić information content (AvgIpc) is 3.11. The van der Waals surface area contributed by atoms with Gasteiger partial charge in [0.2, 0.25) is 11.6 Å². The monoisotopic (exact) mass is 487 g/mol. The maximum atomic E-state index is 12.8. The highest BCUT2D eigenvalue weighted by Gasteiger charge is 2.35. The van der Waals surface area contributed by atoms with Crippen LogP contribution in [-0.4, -0.2) is 68.0 Å². The number of aromatic nitrogens is 1. The van der Waals surface area contributed by atoms with Crippen LogP contribution in [0.15, 0.2) is 35.4 Å². The number of amides is 3. The van der Waals surface area contributed by atoms with E-state index < -0.39 is 17.1 Å². The molecule has 1 aromatic heterocycles. The molecule has 3 amide bonds. The minimum atomic E-state index is -0.450. The molecule has 0 unspecified atom stereocenters. The molecule has 11 heteroatoms. The van der Waals surface area contributed by atoms with E-state index in [-0.39, 0.29) is 29.4 Å². The predicted octanol–water partition coefficient (Wildman–Crippen LogP) is 2.97. The van der Waals surface area contributed by atoms with Crippen LogP contribution in [0.25, 0.3) is 6.08 Å². The Kier molecular flexibility index (Phi) is 8.36. The third kappa shape index (κ3) is 5.42. The molecule has 1 aliphatic heterocycles. The van der Waals surface area contributed by atoms with Crippen LogP contribution in [0.4, 0.5) is 4.79 Å². The lowest BCUT2D eigenvalue weighted by Crippen LogP contribution is -2.37. The first-order chi connectivity index (χ1) is 16.4. The van der Waals surface area contributed by atoms with Crippen LogP contribution < -0.4 is 24.3 Å². The summed E-state index contributed by atoms with van der Waals surface area (Å²) < 4.78 is 21.3. The number of benzene rings is 1. The molecule has 2 aromatic rings. The lowest BCUT2D eigenvalue weighted by Gasteiger charge is -2.14. The van der Waals surface area contributed by atoms with Crippen molar-refractivity contribution in [3.63, 3.8) is 0 Å². The van der Waals surface area contributed by atoms with Gasteiger partial charge in [0.25, 0.3) is 17.1 Å². The number of ether oxygens (including phenoxy) is 4. The van der Waals surface area contributed by atoms with Gasteiger partial charge in [0, 0.05) is 19.3 Å². The standard InChI is InChI=1S/C23H25N3O7S/c1-5-33-21-15(7-6-8-25-21)20(27)24-9-10-26-22(28)18(34-23(26)29)13-14-11-16(30-2)19(32-4)17(12-14)31-3/h6-8,11-13H,5,9-10H2,1-4H3,(H,24,27)/b18-13-. The van der Waals surface area contributed by atoms with Crippen molar-refractivity contribution in [2.24, 2.45) is 0 Å². The van der Waals surface area contributed by atoms with Gasteiger partial charge in [-0.1, -0.05) is 0 Å². The van der Waals surface area contributed by atoms with Crippen molar-refractivity contribution in [3.8, 4) is 23.1 Å². The van der Waals surface area contributed by atoms with Crippen molar-refractivity contribution in [1.29, 1.82) is 0 Å². The maximum Gasteiger partial charge on any atom is 0.293 e. The number of pyridine rings is 1. The first-order valence-corrected chi connectivity index (χ1v) is 11.2. The Morgan fingerprint density at radius 2 is 1.85 bits per heavy atom. The summed E-state index contributed by atoms with van der Waals surface area (Å²) in [5, 5.41) is 2.27. The fourth-order valence-electron chi connectivity index (χ4n) is 3.22. The first-order valence-electron chi connectivity index (χ1n) is 10.3. The molecule has 3 rings (SSSR count). The van der Waals surface area contributed by atoms with Crippen LogP contribution in [0.3, 0.4) is 0 Å². The van der Waals surface area contributed by atoms with E-state index in [0.29, 0.717) is 29.4 Å². The van der Waals surface area contributed by atoms with Crippen LogP contribution in [0.5, 0.6) is 23.1 Å². The van der Waals surface area contributed by atoms with E-state index in [4.69, 9.17) is 18.9 Å². The molecule has 1 aromatic carbocycles. The lowest BCUT2D eigenvalue weighted by molar-refractivity contribution is -0.122. The van der Waals surface area contributed by atoms with Gasteiger partial charge in [-0.2, -0.15) is 0 Å². The Bertz CT molecular complexity index is 1090. The van der Waals surface area contributed by atoms with E-state index in [1.807, 2.05) is 0 Å². The molecule has 1 fully saturated rings. The Morgan fingerprint density at radius 1 is 1.15 bits per heavy atom. The zero-order chi connectivity index (χ0) is 24.7. The largest absolute Gasteiger partial charge is 0.493 e. The van der Waals surface area contributed by atoms with Gasteiger partial charge >= 0.3 is 0 Å². The molecule has 0 radical (unpaired) electrons. The van der Waals surface area contributed by atoms with Crippen molar-refractivity contribution >= 4 is 34.9 Å². The molecule has 1 aliphatic rings. The first kappa shape index (κ1) is 24.9. The van der Waals surface area contributed by atoms with Gasteiger partial charge in [-0.15, -0.1) is 0 Å². The number of nitrogens with one attached hydrogen (secondary N) is 1. The summed E-state index contributed by atoms with van der Waals surface area (Å²) in [5.74, 6) is 0.647. The molecule has 1 saturated heterocycles. The van der Waals surface area contributed by atoms with Gasteiger partial charge in [-0.05, 0) is 54.6 Å². The number of hydrogen-bond acceptors (Lipinski definition) is 9. The fourth-order valence-corrected chi connectivity index (χ4v) is 4.09. The van der Waals surface area contributed by atoms with Crippen LogP contribution in [0.1, 0.15) is 22.8 Å². The molecule has 180 valence electrons. The highest BCUT2D eigenvalue weighted by Crippen LogP contribution is 2.40. The van der Waals surface area contributed by atoms with Crippen molar-refractivity contribution in [3.05, 3.63) is 46.5 Å². The summed E-state index contributed by atoms with van der Waals surface area (Å²) in [5.41, 5.74) is 0.883. The molecule has 0 spiro atoms. The number of carbonyl (C=O) groups excluding carboxylic acids is 3. The predicted molar refractivity (Wildman–Crippen MR) is 127 cm³/mol. The van der Waals surface area contributed by atoms with Gasteiger partial charge in [0.05, 0.1) is 32.8 Å². The van der Waals surface area contributed by atoms with Crippen molar-refractivity contribution in [2.45, 2.75) is 6.92 Å². The smallest absolute Gasteiger partial charge is 0.293 e. The summed E-state index contributed by atoms with van der Waals surface area (Å²) in [6.45, 7) is 2.26. The minimum absolute atomic E-state index is 0.0211. The summed E-state index contributed by atoms with van der Waals surface area (Å²) in [4.78, 5) is 43.1. The minimum Gasteiger partial charge on any atom is -0.493 e. The second-order valence-electron chi connectivity index (χ2n) is 6.84. The average molecular weight is 488 g/mol. The Balaban J connectivity index is 1.68. The van der Waals surface area contributed by atoms with Gasteiger partial charge in [0.15, 0.2) is 11.5 Å². The van der Waals surface area contributed by atoms with Gasteiger partial charge in [-0.3, -0.25) is 19.3 Å². The SMILES string of the molecule is CCOc1ncccc1C(=O)NCCN1C(=O)S/C(=C\c2cc(OC)c(OC)c(OC)c2)C1=O. The summed E-state index contributed by atoms with van der Waals surface area (Å²) in [7, 11) is 4.48. The number of methoxy groups -OCH3 is 3. The summed E-state index contributed by atoms with van der Waals surface area (Å²) in [6, 6.07) is 6.58. The van der Waals surface area contributed by atoms with Gasteiger partial charge in [0.1, 0.15) is 5.56 Å². The zero-order valence-corrected chi connectivity index (χ0v) is 20.1. The van der Waals surface area contributed by atoms with E-state index in [2.05, 4.69) is 10.3 Å². The maximum absolute atomic E-state index is 12.8. The van der Waals surface area contributed by atoms with Crippen LogP contribution >= 0.6 is 11.8 Å². The number of imide groups is 1. The number of nitrogens with zero attached hydrogens (tertiary/aromatic N) is 2. The molecule has 0 bridgehead atoms. The Hall–Kier alpha value is -3.73. The molecular formula is C23H25N3O7S. The highest BCUT2D eigenvalue weighted by molar-refractivity contribution is 8.18. The second-order valence-corrected chi connectivity index (χ2v) is 7.83. The third-order valence-electron chi connectivity index (χ3n) is 4.78. The molecule has 10 nitrogen and oxygen atoms in total. The molecule has 0 saturated carbocycles. The Labute approximate surface area is 201 Å². The van der Waals surface area contributed by atoms with Crippen molar-refractivity contribution in [1.82, 2.24) is 15.2 Å². The number of rotatable bonds is 10. The van der Waals surface area contributed by atoms with Crippen LogP contribution in [0, 0.1) is 0 Å². The van der Waals surface area contributed by atoms with Gasteiger partial charge in [-0.25, -0.2) is 4.98 Å². The van der Waals surface area contributed by atoms with E-state index >= 15 is 0 Å². The summed E-state index contributed by atoms with van der Waals surface area (Å²) >= 11 is 0.821. The normalized spacial score (nSPS) is 14.4. The topological polar surface area (TPSA) is 116 Å². The van der Waals surface area contributed by atoms with E-state index in [1.165, 1.54) is 27.5 Å². The molecule has 0 atom stereocenters. The second kappa shape index (κ2) is 11.4. The number of hydrogen-bond donors (Lipinski definition) is 1. The molecule has 1 N–H and O–H groups in total. The fraction of sp³-hybridized carbons (Fsp3) is 0.304. The molecular weight excluding hydrogens is 462 g/mol. The zero-order valence-electron chi connectivity index (χ0n) is 19.2. The molecule has 34 heavy (non-hydrogen) atoms. The van der Waals surface area contributed by atoms with Crippen molar-refractivity contribution in [2.75, 3.05) is 41.0 Å². The van der Waals surface area contributed by atoms with Crippen LogP contribution in [-0.2, 0) is 4.79 Å². The molecule has 0 aliphatic carbocycles. The van der Waals surface area contributed by atoms with Crippen LogP contribution in [0.2, 0.25) is 0 Å². The van der Waals surface area contributed by atoms with Gasteiger partial charge < -0.3 is 24.3 Å². The summed E-state index contributed by atoms with van der Waals surface area (Å²) in [6.07, 6.45) is 3.11. The Morgan fingerprint density at radius 3 is 2.47 bits per heavy atom. The highest BCUT2D eigenvalue weighted by atomic mass is 32.2.